The molecule has 1 aliphatic rings. The Balaban J connectivity index is 2.00. The molecule has 0 fully saturated rings. The number of nitrogens with two attached hydrogens (primary N) is 1. The van der Waals surface area contributed by atoms with Gasteiger partial charge in [0.05, 0.1) is 6.61 Å². The number of carbonyl (C=O) groups is 1. The normalized spacial score (nSPS) is 12.9. The second kappa shape index (κ2) is 4.59. The molecule has 0 saturated carbocycles. The minimum absolute atomic E-state index is 0.0936. The molecule has 0 saturated heterocycles. The highest BCUT2D eigenvalue weighted by atomic mass is 35.5. The Bertz CT molecular complexity index is 667. The average molecular weight is 274 g/mol. The van der Waals surface area contributed by atoms with Crippen molar-refractivity contribution >= 4 is 23.1 Å². The molecule has 1 aliphatic heterocycles. The summed E-state index contributed by atoms with van der Waals surface area (Å²) >= 11 is 5.84. The molecule has 96 valence electrons. The van der Waals surface area contributed by atoms with Gasteiger partial charge in [-0.25, -0.2) is 0 Å². The molecule has 0 aliphatic carbocycles. The smallest absolute Gasteiger partial charge is 0.195 e. The van der Waals surface area contributed by atoms with Crippen molar-refractivity contribution in [2.45, 2.75) is 6.42 Å². The second-order valence-corrected chi connectivity index (χ2v) is 4.92. The SMILES string of the molecule is Nc1cc(Cl)ccc1C(=O)c1ccc2c(c1)CCO2. The van der Waals surface area contributed by atoms with Gasteiger partial charge in [0, 0.05) is 28.3 Å². The monoisotopic (exact) mass is 273 g/mol. The number of halogens is 1. The van der Waals surface area contributed by atoms with E-state index in [9.17, 15) is 4.79 Å². The Morgan fingerprint density at radius 1 is 1.21 bits per heavy atom. The van der Waals surface area contributed by atoms with Gasteiger partial charge >= 0.3 is 0 Å². The summed E-state index contributed by atoms with van der Waals surface area (Å²) in [7, 11) is 0. The van der Waals surface area contributed by atoms with E-state index in [1.54, 1.807) is 24.3 Å². The van der Waals surface area contributed by atoms with E-state index < -0.39 is 0 Å². The highest BCUT2D eigenvalue weighted by Gasteiger charge is 2.17. The van der Waals surface area contributed by atoms with E-state index in [4.69, 9.17) is 22.1 Å². The molecule has 19 heavy (non-hydrogen) atoms. The highest BCUT2D eigenvalue weighted by Crippen LogP contribution is 2.28. The van der Waals surface area contributed by atoms with Crippen LogP contribution in [0.15, 0.2) is 36.4 Å². The molecule has 0 amide bonds. The van der Waals surface area contributed by atoms with Gasteiger partial charge in [0.25, 0.3) is 0 Å². The molecule has 2 aromatic rings. The minimum Gasteiger partial charge on any atom is -0.493 e. The van der Waals surface area contributed by atoms with Gasteiger partial charge in [-0.3, -0.25) is 4.79 Å². The number of fused-ring (bicyclic) bond motifs is 1. The number of hydrogen-bond acceptors (Lipinski definition) is 3. The summed E-state index contributed by atoms with van der Waals surface area (Å²) in [5, 5.41) is 0.524. The van der Waals surface area contributed by atoms with Gasteiger partial charge < -0.3 is 10.5 Å². The zero-order chi connectivity index (χ0) is 13.4. The fourth-order valence-corrected chi connectivity index (χ4v) is 2.40. The van der Waals surface area contributed by atoms with E-state index >= 15 is 0 Å². The summed E-state index contributed by atoms with van der Waals surface area (Å²) in [6.07, 6.45) is 0.840. The standard InChI is InChI=1S/C15H12ClNO2/c16-11-2-3-12(13(17)8-11)15(18)10-1-4-14-9(7-10)5-6-19-14/h1-4,7-8H,5-6,17H2. The zero-order valence-electron chi connectivity index (χ0n) is 10.2. The summed E-state index contributed by atoms with van der Waals surface area (Å²) < 4.78 is 5.42. The number of rotatable bonds is 2. The number of ketones is 1. The van der Waals surface area contributed by atoms with Crippen LogP contribution in [0.2, 0.25) is 5.02 Å². The van der Waals surface area contributed by atoms with Crippen LogP contribution in [0.5, 0.6) is 5.75 Å². The molecule has 0 spiro atoms. The lowest BCUT2D eigenvalue weighted by molar-refractivity contribution is 0.103. The number of hydrogen-bond donors (Lipinski definition) is 1. The third-order valence-electron chi connectivity index (χ3n) is 3.21. The summed E-state index contributed by atoms with van der Waals surface area (Å²) in [6, 6.07) is 10.4. The van der Waals surface area contributed by atoms with Gasteiger partial charge in [-0.05, 0) is 42.0 Å². The number of nitrogen functional groups attached to an aromatic ring is 1. The first-order valence-corrected chi connectivity index (χ1v) is 6.38. The number of benzene rings is 2. The average Bonchev–Trinajstić information content (AvgIpc) is 2.85. The van der Waals surface area contributed by atoms with Crippen molar-refractivity contribution in [2.75, 3.05) is 12.3 Å². The molecule has 1 heterocycles. The van der Waals surface area contributed by atoms with E-state index in [1.165, 1.54) is 0 Å². The van der Waals surface area contributed by atoms with Crippen LogP contribution in [0.25, 0.3) is 0 Å². The van der Waals surface area contributed by atoms with Crippen LogP contribution in [0.3, 0.4) is 0 Å². The maximum absolute atomic E-state index is 12.4. The molecule has 0 unspecified atom stereocenters. The molecular formula is C15H12ClNO2. The Hall–Kier alpha value is -2.00. The first kappa shape index (κ1) is 12.1. The van der Waals surface area contributed by atoms with Gasteiger partial charge in [0.2, 0.25) is 0 Å². The Labute approximate surface area is 115 Å². The van der Waals surface area contributed by atoms with Crippen LogP contribution in [0.1, 0.15) is 21.5 Å². The molecule has 0 bridgehead atoms. The Morgan fingerprint density at radius 3 is 2.84 bits per heavy atom. The molecule has 0 atom stereocenters. The third-order valence-corrected chi connectivity index (χ3v) is 3.44. The highest BCUT2D eigenvalue weighted by molar-refractivity contribution is 6.31. The summed E-state index contributed by atoms with van der Waals surface area (Å²) in [5.41, 5.74) is 8.41. The third kappa shape index (κ3) is 2.17. The first-order valence-electron chi connectivity index (χ1n) is 6.00. The molecular weight excluding hydrogens is 262 g/mol. The van der Waals surface area contributed by atoms with Gasteiger partial charge in [0.15, 0.2) is 5.78 Å². The van der Waals surface area contributed by atoms with Crippen molar-refractivity contribution in [3.05, 3.63) is 58.1 Å². The fraction of sp³-hybridized carbons (Fsp3) is 0.133. The van der Waals surface area contributed by atoms with Crippen molar-refractivity contribution in [2.24, 2.45) is 0 Å². The second-order valence-electron chi connectivity index (χ2n) is 4.48. The minimum atomic E-state index is -0.0936. The van der Waals surface area contributed by atoms with Crippen molar-refractivity contribution in [3.8, 4) is 5.75 Å². The fourth-order valence-electron chi connectivity index (χ4n) is 2.22. The van der Waals surface area contributed by atoms with Crippen LogP contribution in [-0.2, 0) is 6.42 Å². The van der Waals surface area contributed by atoms with E-state index in [0.29, 0.717) is 28.4 Å². The van der Waals surface area contributed by atoms with E-state index in [0.717, 1.165) is 17.7 Å². The number of ether oxygens (including phenoxy) is 1. The Kier molecular flexibility index (Phi) is 2.91. The van der Waals surface area contributed by atoms with Crippen molar-refractivity contribution in [1.29, 1.82) is 0 Å². The zero-order valence-corrected chi connectivity index (χ0v) is 10.9. The topological polar surface area (TPSA) is 52.3 Å². The van der Waals surface area contributed by atoms with Crippen molar-refractivity contribution in [1.82, 2.24) is 0 Å². The largest absolute Gasteiger partial charge is 0.493 e. The van der Waals surface area contributed by atoms with Gasteiger partial charge in [0.1, 0.15) is 5.75 Å². The lowest BCUT2D eigenvalue weighted by Crippen LogP contribution is -2.05. The van der Waals surface area contributed by atoms with E-state index in [-0.39, 0.29) is 5.78 Å². The van der Waals surface area contributed by atoms with E-state index in [1.807, 2.05) is 12.1 Å². The van der Waals surface area contributed by atoms with Crippen molar-refractivity contribution < 1.29 is 9.53 Å². The maximum Gasteiger partial charge on any atom is 0.195 e. The molecule has 2 N–H and O–H groups in total. The first-order chi connectivity index (χ1) is 9.15. The van der Waals surface area contributed by atoms with Gasteiger partial charge in [-0.1, -0.05) is 11.6 Å². The summed E-state index contributed by atoms with van der Waals surface area (Å²) in [5.74, 6) is 0.768. The molecule has 4 heteroatoms. The molecule has 3 rings (SSSR count). The molecule has 0 aromatic heterocycles. The van der Waals surface area contributed by atoms with Crippen LogP contribution in [0, 0.1) is 0 Å². The lowest BCUT2D eigenvalue weighted by Gasteiger charge is -2.06. The van der Waals surface area contributed by atoms with Crippen LogP contribution in [-0.4, -0.2) is 12.4 Å². The number of anilines is 1. The Morgan fingerprint density at radius 2 is 2.05 bits per heavy atom. The van der Waals surface area contributed by atoms with Crippen molar-refractivity contribution in [3.63, 3.8) is 0 Å². The van der Waals surface area contributed by atoms with Crippen LogP contribution < -0.4 is 10.5 Å². The van der Waals surface area contributed by atoms with Crippen LogP contribution >= 0.6 is 11.6 Å². The molecule has 0 radical (unpaired) electrons. The lowest BCUT2D eigenvalue weighted by atomic mass is 9.99. The molecule has 3 nitrogen and oxygen atoms in total. The summed E-state index contributed by atoms with van der Waals surface area (Å²) in [6.45, 7) is 0.677. The quantitative estimate of drug-likeness (QED) is 0.676. The van der Waals surface area contributed by atoms with Gasteiger partial charge in [-0.15, -0.1) is 0 Å². The van der Waals surface area contributed by atoms with Gasteiger partial charge in [-0.2, -0.15) is 0 Å². The van der Waals surface area contributed by atoms with E-state index in [2.05, 4.69) is 0 Å². The predicted octanol–water partition coefficient (Wildman–Crippen LogP) is 3.09. The van der Waals surface area contributed by atoms with Crippen LogP contribution in [0.4, 0.5) is 5.69 Å². The summed E-state index contributed by atoms with van der Waals surface area (Å²) in [4.78, 5) is 12.4. The number of carbonyl (C=O) groups excluding carboxylic acids is 1. The maximum atomic E-state index is 12.4. The molecule has 2 aromatic carbocycles. The predicted molar refractivity (Wildman–Crippen MR) is 74.9 cm³/mol.